The first kappa shape index (κ1) is 18.0. The monoisotopic (exact) mass is 352 g/mol. The van der Waals surface area contributed by atoms with Crippen molar-refractivity contribution in [3.8, 4) is 5.75 Å². The molecule has 3 rings (SSSR count). The Balaban J connectivity index is 1.67. The van der Waals surface area contributed by atoms with Gasteiger partial charge in [0.25, 0.3) is 5.91 Å². The third-order valence-corrected chi connectivity index (χ3v) is 4.73. The topological polar surface area (TPSA) is 49.9 Å². The number of carbonyl (C=O) groups excluding carboxylic acids is 2. The summed E-state index contributed by atoms with van der Waals surface area (Å²) in [6.45, 7) is 1.31. The molecule has 2 amide bonds. The first-order valence-corrected chi connectivity index (χ1v) is 8.88. The summed E-state index contributed by atoms with van der Waals surface area (Å²) in [6.07, 6.45) is 2.17. The highest BCUT2D eigenvalue weighted by molar-refractivity contribution is 5.99. The molecular formula is C21H24N2O3. The van der Waals surface area contributed by atoms with Crippen molar-refractivity contribution in [3.63, 3.8) is 0 Å². The lowest BCUT2D eigenvalue weighted by molar-refractivity contribution is -0.117. The summed E-state index contributed by atoms with van der Waals surface area (Å²) in [5.41, 5.74) is 2.48. The van der Waals surface area contributed by atoms with Crippen LogP contribution in [0.1, 0.15) is 28.8 Å². The van der Waals surface area contributed by atoms with Gasteiger partial charge in [-0.05, 0) is 42.7 Å². The van der Waals surface area contributed by atoms with Crippen LogP contribution in [0.15, 0.2) is 48.5 Å². The average molecular weight is 352 g/mol. The molecule has 1 heterocycles. The zero-order valence-corrected chi connectivity index (χ0v) is 15.3. The minimum atomic E-state index is -0.0478. The number of ether oxygens (including phenoxy) is 1. The zero-order chi connectivity index (χ0) is 18.5. The average Bonchev–Trinajstić information content (AvgIpc) is 3.11. The van der Waals surface area contributed by atoms with Crippen molar-refractivity contribution >= 4 is 17.5 Å². The number of likely N-dealkylation sites (N-methyl/N-ethyl adjacent to an activating group) is 1. The Morgan fingerprint density at radius 2 is 2.00 bits per heavy atom. The highest BCUT2D eigenvalue weighted by Crippen LogP contribution is 2.23. The first-order chi connectivity index (χ1) is 12.6. The van der Waals surface area contributed by atoms with Crippen LogP contribution >= 0.6 is 0 Å². The lowest BCUT2D eigenvalue weighted by Gasteiger charge is -2.20. The van der Waals surface area contributed by atoms with Crippen LogP contribution in [0.5, 0.6) is 5.75 Å². The van der Waals surface area contributed by atoms with Crippen LogP contribution in [0.4, 0.5) is 5.69 Å². The normalized spacial score (nSPS) is 13.8. The van der Waals surface area contributed by atoms with Crippen LogP contribution < -0.4 is 9.64 Å². The SMILES string of the molecule is COc1ccccc1CCN(C)C(=O)c1cccc(N2CCCC2=O)c1. The van der Waals surface area contributed by atoms with Gasteiger partial charge in [-0.15, -0.1) is 0 Å². The second-order valence-corrected chi connectivity index (χ2v) is 6.49. The number of rotatable bonds is 6. The van der Waals surface area contributed by atoms with Gasteiger partial charge in [-0.2, -0.15) is 0 Å². The van der Waals surface area contributed by atoms with E-state index in [4.69, 9.17) is 4.74 Å². The van der Waals surface area contributed by atoms with Gasteiger partial charge in [0.1, 0.15) is 5.75 Å². The molecule has 2 aromatic carbocycles. The van der Waals surface area contributed by atoms with E-state index in [-0.39, 0.29) is 11.8 Å². The summed E-state index contributed by atoms with van der Waals surface area (Å²) in [5.74, 6) is 0.912. The highest BCUT2D eigenvalue weighted by Gasteiger charge is 2.22. The van der Waals surface area contributed by atoms with E-state index in [9.17, 15) is 9.59 Å². The van der Waals surface area contributed by atoms with Gasteiger partial charge < -0.3 is 14.5 Å². The molecule has 26 heavy (non-hydrogen) atoms. The van der Waals surface area contributed by atoms with Crippen LogP contribution in [0, 0.1) is 0 Å². The summed E-state index contributed by atoms with van der Waals surface area (Å²) in [4.78, 5) is 28.1. The molecule has 2 aromatic rings. The van der Waals surface area contributed by atoms with E-state index in [0.29, 0.717) is 18.5 Å². The van der Waals surface area contributed by atoms with E-state index >= 15 is 0 Å². The number of anilines is 1. The van der Waals surface area contributed by atoms with Crippen molar-refractivity contribution in [2.75, 3.05) is 32.1 Å². The minimum Gasteiger partial charge on any atom is -0.496 e. The molecule has 0 bridgehead atoms. The maximum Gasteiger partial charge on any atom is 0.253 e. The van der Waals surface area contributed by atoms with Crippen molar-refractivity contribution in [2.45, 2.75) is 19.3 Å². The molecule has 136 valence electrons. The predicted octanol–water partition coefficient (Wildman–Crippen LogP) is 3.14. The fraction of sp³-hybridized carbons (Fsp3) is 0.333. The summed E-state index contributed by atoms with van der Waals surface area (Å²) in [5, 5.41) is 0. The Morgan fingerprint density at radius 3 is 2.73 bits per heavy atom. The molecule has 1 aliphatic heterocycles. The maximum absolute atomic E-state index is 12.8. The van der Waals surface area contributed by atoms with Crippen LogP contribution in [0.25, 0.3) is 0 Å². The van der Waals surface area contributed by atoms with Gasteiger partial charge in [0.2, 0.25) is 5.91 Å². The van der Waals surface area contributed by atoms with Gasteiger partial charge in [-0.1, -0.05) is 24.3 Å². The lowest BCUT2D eigenvalue weighted by Crippen LogP contribution is -2.29. The van der Waals surface area contributed by atoms with E-state index in [1.807, 2.05) is 42.5 Å². The Kier molecular flexibility index (Phi) is 5.56. The molecule has 0 radical (unpaired) electrons. The molecule has 5 heteroatoms. The van der Waals surface area contributed by atoms with E-state index in [1.54, 1.807) is 30.0 Å². The summed E-state index contributed by atoms with van der Waals surface area (Å²) >= 11 is 0. The molecule has 0 unspecified atom stereocenters. The molecule has 1 aliphatic rings. The summed E-state index contributed by atoms with van der Waals surface area (Å²) in [6, 6.07) is 15.2. The van der Waals surface area contributed by atoms with E-state index in [0.717, 1.165) is 36.4 Å². The second-order valence-electron chi connectivity index (χ2n) is 6.49. The number of hydrogen-bond donors (Lipinski definition) is 0. The summed E-state index contributed by atoms with van der Waals surface area (Å²) < 4.78 is 5.36. The standard InChI is InChI=1S/C21H24N2O3/c1-22(14-12-16-7-3-4-10-19(16)26-2)21(25)17-8-5-9-18(15-17)23-13-6-11-20(23)24/h3-5,7-10,15H,6,11-14H2,1-2H3. The molecule has 0 aromatic heterocycles. The smallest absolute Gasteiger partial charge is 0.253 e. The van der Waals surface area contributed by atoms with Gasteiger partial charge in [0.15, 0.2) is 0 Å². The maximum atomic E-state index is 12.8. The van der Waals surface area contributed by atoms with Gasteiger partial charge >= 0.3 is 0 Å². The molecule has 0 spiro atoms. The Bertz CT molecular complexity index is 803. The van der Waals surface area contributed by atoms with Crippen LogP contribution in [-0.2, 0) is 11.2 Å². The third-order valence-electron chi connectivity index (χ3n) is 4.73. The zero-order valence-electron chi connectivity index (χ0n) is 15.3. The number of amides is 2. The molecular weight excluding hydrogens is 328 g/mol. The summed E-state index contributed by atoms with van der Waals surface area (Å²) in [7, 11) is 3.45. The number of para-hydroxylation sites is 1. The molecule has 5 nitrogen and oxygen atoms in total. The van der Waals surface area contributed by atoms with Crippen molar-refractivity contribution < 1.29 is 14.3 Å². The van der Waals surface area contributed by atoms with Crippen LogP contribution in [-0.4, -0.2) is 44.0 Å². The molecule has 0 saturated carbocycles. The second kappa shape index (κ2) is 8.04. The number of benzene rings is 2. The lowest BCUT2D eigenvalue weighted by atomic mass is 10.1. The molecule has 0 atom stereocenters. The van der Waals surface area contributed by atoms with Crippen molar-refractivity contribution in [3.05, 3.63) is 59.7 Å². The fourth-order valence-electron chi connectivity index (χ4n) is 3.25. The molecule has 1 saturated heterocycles. The van der Waals surface area contributed by atoms with E-state index in [2.05, 4.69) is 0 Å². The largest absolute Gasteiger partial charge is 0.496 e. The van der Waals surface area contributed by atoms with E-state index < -0.39 is 0 Å². The van der Waals surface area contributed by atoms with Gasteiger partial charge in [0, 0.05) is 37.8 Å². The Morgan fingerprint density at radius 1 is 1.19 bits per heavy atom. The first-order valence-electron chi connectivity index (χ1n) is 8.88. The van der Waals surface area contributed by atoms with Gasteiger partial charge in [-0.25, -0.2) is 0 Å². The third kappa shape index (κ3) is 3.87. The predicted molar refractivity (Wildman–Crippen MR) is 102 cm³/mol. The fourth-order valence-corrected chi connectivity index (χ4v) is 3.25. The number of carbonyl (C=O) groups is 2. The van der Waals surface area contributed by atoms with Crippen LogP contribution in [0.3, 0.4) is 0 Å². The Labute approximate surface area is 154 Å². The van der Waals surface area contributed by atoms with Crippen molar-refractivity contribution in [1.82, 2.24) is 4.90 Å². The molecule has 0 aliphatic carbocycles. The minimum absolute atomic E-state index is 0.0478. The van der Waals surface area contributed by atoms with Gasteiger partial charge in [-0.3, -0.25) is 9.59 Å². The Hall–Kier alpha value is -2.82. The van der Waals surface area contributed by atoms with Crippen molar-refractivity contribution in [1.29, 1.82) is 0 Å². The molecule has 0 N–H and O–H groups in total. The van der Waals surface area contributed by atoms with E-state index in [1.165, 1.54) is 0 Å². The van der Waals surface area contributed by atoms with Crippen LogP contribution in [0.2, 0.25) is 0 Å². The number of nitrogens with zero attached hydrogens (tertiary/aromatic N) is 2. The number of methoxy groups -OCH3 is 1. The molecule has 1 fully saturated rings. The van der Waals surface area contributed by atoms with Crippen molar-refractivity contribution in [2.24, 2.45) is 0 Å². The number of hydrogen-bond acceptors (Lipinski definition) is 3. The van der Waals surface area contributed by atoms with Gasteiger partial charge in [0.05, 0.1) is 7.11 Å². The highest BCUT2D eigenvalue weighted by atomic mass is 16.5. The quantitative estimate of drug-likeness (QED) is 0.802.